The summed E-state index contributed by atoms with van der Waals surface area (Å²) in [5, 5.41) is 5.59. The molecule has 1 saturated carbocycles. The molecule has 184 valence electrons. The van der Waals surface area contributed by atoms with Crippen LogP contribution in [0.15, 0.2) is 54.7 Å². The molecule has 6 rings (SSSR count). The Morgan fingerprint density at radius 3 is 2.36 bits per heavy atom. The summed E-state index contributed by atoms with van der Waals surface area (Å²) >= 11 is 0. The normalized spacial score (nSPS) is 15.8. The van der Waals surface area contributed by atoms with Gasteiger partial charge in [-0.05, 0) is 55.3 Å². The number of fused-ring (bicyclic) bond motifs is 1. The van der Waals surface area contributed by atoms with Gasteiger partial charge in [-0.3, -0.25) is 4.79 Å². The van der Waals surface area contributed by atoms with Crippen molar-refractivity contribution in [1.29, 1.82) is 0 Å². The quantitative estimate of drug-likeness (QED) is 0.413. The van der Waals surface area contributed by atoms with Gasteiger partial charge in [0, 0.05) is 37.7 Å². The predicted octanol–water partition coefficient (Wildman–Crippen LogP) is 3.67. The largest absolute Gasteiger partial charge is 0.497 e. The third-order valence-electron chi connectivity index (χ3n) is 6.87. The predicted molar refractivity (Wildman–Crippen MR) is 136 cm³/mol. The van der Waals surface area contributed by atoms with Gasteiger partial charge in [-0.1, -0.05) is 6.07 Å². The highest BCUT2D eigenvalue weighted by Gasteiger charge is 2.31. The summed E-state index contributed by atoms with van der Waals surface area (Å²) in [7, 11) is 3.27. The molecule has 0 atom stereocenters. The lowest BCUT2D eigenvalue weighted by molar-refractivity contribution is 0.0746. The van der Waals surface area contributed by atoms with E-state index in [1.807, 2.05) is 58.2 Å². The Morgan fingerprint density at radius 1 is 0.917 bits per heavy atom. The molecule has 3 heterocycles. The topological polar surface area (TPSA) is 85.6 Å². The fourth-order valence-electron chi connectivity index (χ4n) is 4.65. The van der Waals surface area contributed by atoms with Gasteiger partial charge in [0.1, 0.15) is 23.1 Å². The molecule has 0 unspecified atom stereocenters. The summed E-state index contributed by atoms with van der Waals surface area (Å²) in [6.45, 7) is 2.62. The number of methoxy groups -OCH3 is 2. The van der Waals surface area contributed by atoms with Crippen molar-refractivity contribution in [1.82, 2.24) is 24.6 Å². The number of anilines is 1. The molecule has 2 fully saturated rings. The second-order valence-electron chi connectivity index (χ2n) is 9.18. The summed E-state index contributed by atoms with van der Waals surface area (Å²) in [6.07, 6.45) is 4.08. The Morgan fingerprint density at radius 2 is 1.67 bits per heavy atom. The van der Waals surface area contributed by atoms with Crippen molar-refractivity contribution in [2.45, 2.75) is 18.8 Å². The minimum absolute atomic E-state index is 0.0207. The van der Waals surface area contributed by atoms with E-state index in [2.05, 4.69) is 10.00 Å². The molecule has 4 aromatic rings. The van der Waals surface area contributed by atoms with Crippen LogP contribution in [0.4, 0.5) is 5.82 Å². The molecule has 36 heavy (non-hydrogen) atoms. The summed E-state index contributed by atoms with van der Waals surface area (Å²) in [6, 6.07) is 15.1. The van der Waals surface area contributed by atoms with E-state index >= 15 is 0 Å². The van der Waals surface area contributed by atoms with Gasteiger partial charge < -0.3 is 19.3 Å². The average Bonchev–Trinajstić information content (AvgIpc) is 3.71. The number of hydrogen-bond acceptors (Lipinski definition) is 7. The number of amides is 1. The molecule has 2 aliphatic rings. The zero-order valence-electron chi connectivity index (χ0n) is 20.4. The number of carbonyl (C=O) groups excluding carboxylic acids is 1. The van der Waals surface area contributed by atoms with Gasteiger partial charge in [-0.2, -0.15) is 5.10 Å². The molecule has 0 bridgehead atoms. The Hall–Kier alpha value is -4.14. The van der Waals surface area contributed by atoms with Gasteiger partial charge in [-0.15, -0.1) is 0 Å². The molecule has 1 amide bonds. The van der Waals surface area contributed by atoms with Crippen LogP contribution in [0.5, 0.6) is 11.5 Å². The molecule has 0 N–H and O–H groups in total. The maximum Gasteiger partial charge on any atom is 0.254 e. The number of rotatable bonds is 6. The molecule has 0 spiro atoms. The van der Waals surface area contributed by atoms with Crippen LogP contribution in [-0.2, 0) is 0 Å². The number of piperazine rings is 1. The van der Waals surface area contributed by atoms with Crippen LogP contribution in [0, 0.1) is 0 Å². The van der Waals surface area contributed by atoms with E-state index in [-0.39, 0.29) is 5.91 Å². The Kier molecular flexibility index (Phi) is 5.67. The van der Waals surface area contributed by atoms with Gasteiger partial charge in [0.25, 0.3) is 5.91 Å². The number of ether oxygens (including phenoxy) is 2. The first kappa shape index (κ1) is 22.3. The standard InChI is InChI=1S/C27H28N6O3/c1-35-21-10-8-20(9-11-21)33-26-23(17-28-33)25(29-24(30-26)18-6-7-18)31-12-14-32(15-13-31)27(34)19-4-3-5-22(16-19)36-2/h3-5,8-11,16-18H,6-7,12-15H2,1-2H3. The van der Waals surface area contributed by atoms with Crippen molar-refractivity contribution in [3.8, 4) is 17.2 Å². The lowest BCUT2D eigenvalue weighted by atomic mass is 10.1. The fraction of sp³-hybridized carbons (Fsp3) is 0.333. The molecule has 0 radical (unpaired) electrons. The molecule has 1 saturated heterocycles. The van der Waals surface area contributed by atoms with Crippen LogP contribution in [0.25, 0.3) is 16.7 Å². The highest BCUT2D eigenvalue weighted by molar-refractivity contribution is 5.95. The van der Waals surface area contributed by atoms with Gasteiger partial charge in [-0.25, -0.2) is 14.6 Å². The number of nitrogens with zero attached hydrogens (tertiary/aromatic N) is 6. The van der Waals surface area contributed by atoms with E-state index in [4.69, 9.17) is 19.4 Å². The zero-order chi connectivity index (χ0) is 24.6. The number of aromatic nitrogens is 4. The van der Waals surface area contributed by atoms with Crippen molar-refractivity contribution >= 4 is 22.8 Å². The fourth-order valence-corrected chi connectivity index (χ4v) is 4.65. The second kappa shape index (κ2) is 9.14. The first-order valence-electron chi connectivity index (χ1n) is 12.2. The van der Waals surface area contributed by atoms with E-state index in [9.17, 15) is 4.79 Å². The van der Waals surface area contributed by atoms with Gasteiger partial charge in [0.2, 0.25) is 0 Å². The third kappa shape index (κ3) is 4.10. The number of hydrogen-bond donors (Lipinski definition) is 0. The van der Waals surface area contributed by atoms with E-state index in [1.54, 1.807) is 20.3 Å². The highest BCUT2D eigenvalue weighted by atomic mass is 16.5. The van der Waals surface area contributed by atoms with Crippen molar-refractivity contribution in [3.05, 3.63) is 66.1 Å². The lowest BCUT2D eigenvalue weighted by Crippen LogP contribution is -2.49. The molecule has 1 aliphatic carbocycles. The SMILES string of the molecule is COc1ccc(-n2ncc3c(N4CCN(C(=O)c5cccc(OC)c5)CC4)nc(C4CC4)nc32)cc1. The van der Waals surface area contributed by atoms with Gasteiger partial charge >= 0.3 is 0 Å². The molecular formula is C27H28N6O3. The summed E-state index contributed by atoms with van der Waals surface area (Å²) < 4.78 is 12.5. The van der Waals surface area contributed by atoms with Crippen molar-refractivity contribution in [2.75, 3.05) is 45.3 Å². The second-order valence-corrected chi connectivity index (χ2v) is 9.18. The van der Waals surface area contributed by atoms with Crippen LogP contribution in [0.1, 0.15) is 34.9 Å². The number of benzene rings is 2. The van der Waals surface area contributed by atoms with E-state index in [0.717, 1.165) is 47.0 Å². The minimum Gasteiger partial charge on any atom is -0.497 e. The van der Waals surface area contributed by atoms with E-state index < -0.39 is 0 Å². The first-order chi connectivity index (χ1) is 17.6. The van der Waals surface area contributed by atoms with Crippen LogP contribution >= 0.6 is 0 Å². The summed E-state index contributed by atoms with van der Waals surface area (Å²) in [5.41, 5.74) is 2.37. The van der Waals surface area contributed by atoms with E-state index in [0.29, 0.717) is 43.4 Å². The van der Waals surface area contributed by atoms with Crippen LogP contribution in [0.2, 0.25) is 0 Å². The van der Waals surface area contributed by atoms with E-state index in [1.165, 1.54) is 0 Å². The van der Waals surface area contributed by atoms with Gasteiger partial charge in [0.15, 0.2) is 5.65 Å². The van der Waals surface area contributed by atoms with Crippen molar-refractivity contribution < 1.29 is 14.3 Å². The zero-order valence-corrected chi connectivity index (χ0v) is 20.4. The molecule has 9 nitrogen and oxygen atoms in total. The van der Waals surface area contributed by atoms with Crippen LogP contribution in [-0.4, -0.2) is 71.0 Å². The van der Waals surface area contributed by atoms with Crippen molar-refractivity contribution in [3.63, 3.8) is 0 Å². The maximum atomic E-state index is 13.1. The molecule has 2 aromatic carbocycles. The van der Waals surface area contributed by atoms with Gasteiger partial charge in [0.05, 0.1) is 31.5 Å². The summed E-state index contributed by atoms with van der Waals surface area (Å²) in [4.78, 5) is 27.2. The minimum atomic E-state index is 0.0207. The van der Waals surface area contributed by atoms with Crippen molar-refractivity contribution in [2.24, 2.45) is 0 Å². The molecule has 2 aromatic heterocycles. The molecular weight excluding hydrogens is 456 g/mol. The van der Waals surface area contributed by atoms with Crippen LogP contribution < -0.4 is 14.4 Å². The molecule has 1 aliphatic heterocycles. The number of carbonyl (C=O) groups is 1. The highest BCUT2D eigenvalue weighted by Crippen LogP contribution is 2.40. The molecule has 9 heteroatoms. The maximum absolute atomic E-state index is 13.1. The Labute approximate surface area is 209 Å². The first-order valence-corrected chi connectivity index (χ1v) is 12.2. The smallest absolute Gasteiger partial charge is 0.254 e. The Balaban J connectivity index is 1.28. The van der Waals surface area contributed by atoms with Crippen LogP contribution in [0.3, 0.4) is 0 Å². The third-order valence-corrected chi connectivity index (χ3v) is 6.87. The monoisotopic (exact) mass is 484 g/mol. The summed E-state index contributed by atoms with van der Waals surface area (Å²) in [5.74, 6) is 3.68. The average molecular weight is 485 g/mol. The lowest BCUT2D eigenvalue weighted by Gasteiger charge is -2.35. The Bertz CT molecular complexity index is 1410.